The molecule has 0 spiro atoms. The Morgan fingerprint density at radius 3 is 1.65 bits per heavy atom. The van der Waals surface area contributed by atoms with E-state index in [9.17, 15) is 14.7 Å². The molecule has 26 heavy (non-hydrogen) atoms. The lowest BCUT2D eigenvalue weighted by Crippen LogP contribution is -2.67. The van der Waals surface area contributed by atoms with Crippen LogP contribution in [0.25, 0.3) is 0 Å². The SMILES string of the molecule is COC(=O)/C(=C\C(=O)O)[Si](c1ccccc1)(c1ccccc1)C(C)(C)C. The molecule has 2 aromatic rings. The van der Waals surface area contributed by atoms with Crippen molar-refractivity contribution in [2.45, 2.75) is 25.8 Å². The molecule has 0 aliphatic rings. The third kappa shape index (κ3) is 3.48. The number of hydrogen-bond donors (Lipinski definition) is 1. The Labute approximate surface area is 155 Å². The van der Waals surface area contributed by atoms with Crippen LogP contribution in [0.1, 0.15) is 20.8 Å². The third-order valence-corrected chi connectivity index (χ3v) is 10.4. The molecular weight excluding hydrogens is 344 g/mol. The zero-order chi connectivity index (χ0) is 19.4. The maximum atomic E-state index is 12.8. The van der Waals surface area contributed by atoms with Crippen molar-refractivity contribution in [2.24, 2.45) is 0 Å². The van der Waals surface area contributed by atoms with Gasteiger partial charge in [0.25, 0.3) is 0 Å². The third-order valence-electron chi connectivity index (χ3n) is 4.62. The van der Waals surface area contributed by atoms with Crippen LogP contribution in [-0.4, -0.2) is 32.2 Å². The fraction of sp³-hybridized carbons (Fsp3) is 0.238. The average molecular weight is 369 g/mol. The number of rotatable bonds is 5. The number of carboxylic acid groups (broad SMARTS) is 1. The van der Waals surface area contributed by atoms with Gasteiger partial charge in [0, 0.05) is 11.3 Å². The highest BCUT2D eigenvalue weighted by atomic mass is 28.3. The van der Waals surface area contributed by atoms with Gasteiger partial charge in [-0.1, -0.05) is 81.4 Å². The van der Waals surface area contributed by atoms with Gasteiger partial charge in [0.05, 0.1) is 7.11 Å². The molecule has 0 saturated carbocycles. The van der Waals surface area contributed by atoms with Crippen LogP contribution in [0, 0.1) is 0 Å². The van der Waals surface area contributed by atoms with Crippen LogP contribution >= 0.6 is 0 Å². The monoisotopic (exact) mass is 368 g/mol. The summed E-state index contributed by atoms with van der Waals surface area (Å²) in [5.74, 6) is -1.75. The second-order valence-corrected chi connectivity index (χ2v) is 11.8. The summed E-state index contributed by atoms with van der Waals surface area (Å²) in [5.41, 5.74) is 0. The standard InChI is InChI=1S/C21H24O4Si/c1-21(2,3)26(16-11-7-5-8-12-16,17-13-9-6-10-14-17)18(15-19(22)23)20(24)25-4/h5-15H,1-4H3,(H,22,23)/b18-15+. The molecular formula is C21H24O4Si. The Morgan fingerprint density at radius 1 is 0.923 bits per heavy atom. The molecule has 5 heteroatoms. The summed E-state index contributed by atoms with van der Waals surface area (Å²) in [6.45, 7) is 6.16. The van der Waals surface area contributed by atoms with Crippen molar-refractivity contribution < 1.29 is 19.4 Å². The first-order valence-corrected chi connectivity index (χ1v) is 10.4. The second-order valence-electron chi connectivity index (χ2n) is 7.12. The summed E-state index contributed by atoms with van der Waals surface area (Å²) in [6.07, 6.45) is 1.03. The summed E-state index contributed by atoms with van der Waals surface area (Å²) in [4.78, 5) is 24.4. The lowest BCUT2D eigenvalue weighted by molar-refractivity contribution is -0.136. The molecule has 0 unspecified atom stereocenters. The maximum absolute atomic E-state index is 12.8. The highest BCUT2D eigenvalue weighted by Crippen LogP contribution is 2.40. The topological polar surface area (TPSA) is 63.6 Å². The summed E-state index contributed by atoms with van der Waals surface area (Å²) >= 11 is 0. The number of carbonyl (C=O) groups excluding carboxylic acids is 1. The van der Waals surface area contributed by atoms with E-state index in [4.69, 9.17) is 4.74 Å². The molecule has 2 rings (SSSR count). The zero-order valence-electron chi connectivity index (χ0n) is 15.5. The fourth-order valence-corrected chi connectivity index (χ4v) is 9.31. The molecule has 0 aliphatic heterocycles. The van der Waals surface area contributed by atoms with Crippen molar-refractivity contribution in [1.82, 2.24) is 0 Å². The van der Waals surface area contributed by atoms with Crippen molar-refractivity contribution in [3.05, 3.63) is 71.9 Å². The van der Waals surface area contributed by atoms with E-state index in [1.165, 1.54) is 7.11 Å². The van der Waals surface area contributed by atoms with Crippen LogP contribution in [0.4, 0.5) is 0 Å². The van der Waals surface area contributed by atoms with Gasteiger partial charge in [-0.25, -0.2) is 9.59 Å². The Bertz CT molecular complexity index is 765. The van der Waals surface area contributed by atoms with E-state index in [2.05, 4.69) is 20.8 Å². The predicted octanol–water partition coefficient (Wildman–Crippen LogP) is 2.77. The van der Waals surface area contributed by atoms with Gasteiger partial charge in [0.2, 0.25) is 0 Å². The van der Waals surface area contributed by atoms with Gasteiger partial charge in [-0.3, -0.25) is 0 Å². The van der Waals surface area contributed by atoms with Crippen molar-refractivity contribution >= 4 is 30.4 Å². The Hall–Kier alpha value is -2.66. The van der Waals surface area contributed by atoms with Crippen LogP contribution in [0.15, 0.2) is 71.9 Å². The molecule has 2 aromatic carbocycles. The molecule has 1 N–H and O–H groups in total. The molecule has 0 aromatic heterocycles. The van der Waals surface area contributed by atoms with Crippen LogP contribution in [0.2, 0.25) is 5.04 Å². The van der Waals surface area contributed by atoms with E-state index >= 15 is 0 Å². The summed E-state index contributed by atoms with van der Waals surface area (Å²) in [5, 5.41) is 11.3. The molecule has 0 amide bonds. The highest BCUT2D eigenvalue weighted by Gasteiger charge is 2.53. The molecule has 4 nitrogen and oxygen atoms in total. The molecule has 0 heterocycles. The number of esters is 1. The lowest BCUT2D eigenvalue weighted by atomic mass is 10.2. The minimum absolute atomic E-state index is 0.234. The molecule has 0 aliphatic carbocycles. The second kappa shape index (κ2) is 7.70. The van der Waals surface area contributed by atoms with Gasteiger partial charge in [-0.15, -0.1) is 0 Å². The van der Waals surface area contributed by atoms with Crippen LogP contribution < -0.4 is 10.4 Å². The van der Waals surface area contributed by atoms with E-state index < -0.39 is 20.0 Å². The molecule has 0 saturated heterocycles. The summed E-state index contributed by atoms with van der Waals surface area (Å²) in [6, 6.07) is 19.4. The zero-order valence-corrected chi connectivity index (χ0v) is 16.5. The summed E-state index contributed by atoms with van der Waals surface area (Å²) < 4.78 is 5.02. The molecule has 0 fully saturated rings. The Balaban J connectivity index is 3.01. The van der Waals surface area contributed by atoms with Crippen molar-refractivity contribution in [3.8, 4) is 0 Å². The van der Waals surface area contributed by atoms with Gasteiger partial charge in [0.15, 0.2) is 8.07 Å². The number of carboxylic acids is 1. The fourth-order valence-electron chi connectivity index (χ4n) is 3.68. The van der Waals surface area contributed by atoms with Crippen LogP contribution in [0.5, 0.6) is 0 Å². The van der Waals surface area contributed by atoms with E-state index in [1.54, 1.807) is 0 Å². The number of aliphatic carboxylic acids is 1. The predicted molar refractivity (Wildman–Crippen MR) is 105 cm³/mol. The van der Waals surface area contributed by atoms with Crippen molar-refractivity contribution in [2.75, 3.05) is 7.11 Å². The largest absolute Gasteiger partial charge is 0.478 e. The van der Waals surface area contributed by atoms with E-state index in [-0.39, 0.29) is 10.2 Å². The first-order chi connectivity index (χ1) is 12.2. The van der Waals surface area contributed by atoms with Crippen molar-refractivity contribution in [1.29, 1.82) is 0 Å². The first-order valence-electron chi connectivity index (χ1n) is 8.39. The maximum Gasteiger partial charge on any atom is 0.330 e. The van der Waals surface area contributed by atoms with Gasteiger partial charge in [-0.05, 0) is 15.4 Å². The van der Waals surface area contributed by atoms with Crippen molar-refractivity contribution in [3.63, 3.8) is 0 Å². The van der Waals surface area contributed by atoms with Crippen LogP contribution in [-0.2, 0) is 14.3 Å². The van der Waals surface area contributed by atoms with E-state index in [1.807, 2.05) is 60.7 Å². The quantitative estimate of drug-likeness (QED) is 0.501. The highest BCUT2D eigenvalue weighted by molar-refractivity contribution is 7.11. The number of carbonyl (C=O) groups is 2. The molecule has 136 valence electrons. The first kappa shape index (κ1) is 19.7. The Kier molecular flexibility index (Phi) is 5.82. The van der Waals surface area contributed by atoms with Gasteiger partial charge < -0.3 is 9.84 Å². The lowest BCUT2D eigenvalue weighted by Gasteiger charge is -2.44. The Morgan fingerprint density at radius 2 is 1.35 bits per heavy atom. The van der Waals surface area contributed by atoms with Gasteiger partial charge >= 0.3 is 11.9 Å². The number of hydrogen-bond acceptors (Lipinski definition) is 3. The molecule has 0 atom stereocenters. The molecule has 0 bridgehead atoms. The number of methoxy groups -OCH3 is 1. The van der Waals surface area contributed by atoms with E-state index in [0.29, 0.717) is 0 Å². The number of ether oxygens (including phenoxy) is 1. The average Bonchev–Trinajstić information content (AvgIpc) is 2.61. The van der Waals surface area contributed by atoms with Gasteiger partial charge in [0.1, 0.15) is 0 Å². The molecule has 0 radical (unpaired) electrons. The summed E-state index contributed by atoms with van der Waals surface area (Å²) in [7, 11) is -1.73. The normalized spacial score (nSPS) is 12.5. The number of benzene rings is 2. The smallest absolute Gasteiger partial charge is 0.330 e. The van der Waals surface area contributed by atoms with Gasteiger partial charge in [-0.2, -0.15) is 0 Å². The van der Waals surface area contributed by atoms with Crippen LogP contribution in [0.3, 0.4) is 0 Å². The van der Waals surface area contributed by atoms with E-state index in [0.717, 1.165) is 16.4 Å². The minimum Gasteiger partial charge on any atom is -0.478 e. The minimum atomic E-state index is -3.02.